The van der Waals surface area contributed by atoms with Gasteiger partial charge in [-0.2, -0.15) is 5.10 Å². The molecule has 0 atom stereocenters. The van der Waals surface area contributed by atoms with E-state index in [4.69, 9.17) is 11.6 Å². The Morgan fingerprint density at radius 1 is 1.75 bits per heavy atom. The zero-order valence-electron chi connectivity index (χ0n) is 6.16. The fraction of sp³-hybridized carbons (Fsp3) is 0.167. The van der Waals surface area contributed by atoms with Crippen molar-refractivity contribution >= 4 is 44.2 Å². The number of nitrogens with zero attached hydrogens (tertiary/aromatic N) is 1. The molecule has 3 nitrogen and oxygen atoms in total. The highest BCUT2D eigenvalue weighted by molar-refractivity contribution is 9.10. The minimum absolute atomic E-state index is 0.412. The molecule has 1 aromatic rings. The first-order valence-electron chi connectivity index (χ1n) is 3.12. The Kier molecular flexibility index (Phi) is 3.90. The number of hydrazone groups is 1. The van der Waals surface area contributed by atoms with E-state index in [9.17, 15) is 0 Å². The van der Waals surface area contributed by atoms with E-state index in [0.29, 0.717) is 5.17 Å². The molecular weight excluding hydrogens is 258 g/mol. The third-order valence-electron chi connectivity index (χ3n) is 1.17. The molecule has 1 rings (SSSR count). The fourth-order valence-corrected chi connectivity index (χ4v) is 3.03. The third-order valence-corrected chi connectivity index (χ3v) is 4.11. The van der Waals surface area contributed by atoms with Crippen molar-refractivity contribution in [1.82, 2.24) is 0 Å². The summed E-state index contributed by atoms with van der Waals surface area (Å²) in [4.78, 5) is 1.24. The van der Waals surface area contributed by atoms with Crippen LogP contribution in [0.4, 0.5) is 0 Å². The highest BCUT2D eigenvalue weighted by Gasteiger charge is 2.02. The maximum absolute atomic E-state index is 5.42. The van der Waals surface area contributed by atoms with Crippen LogP contribution in [0.5, 0.6) is 0 Å². The summed E-state index contributed by atoms with van der Waals surface area (Å²) < 4.78 is 1.12. The van der Waals surface area contributed by atoms with Crippen LogP contribution < -0.4 is 11.6 Å². The van der Waals surface area contributed by atoms with Gasteiger partial charge in [0.1, 0.15) is 0 Å². The fourth-order valence-electron chi connectivity index (χ4n) is 0.605. The highest BCUT2D eigenvalue weighted by atomic mass is 79.9. The lowest BCUT2D eigenvalue weighted by Crippen LogP contribution is -2.09. The van der Waals surface area contributed by atoms with Gasteiger partial charge in [-0.15, -0.1) is 11.3 Å². The van der Waals surface area contributed by atoms with Gasteiger partial charge in [-0.3, -0.25) is 0 Å². The van der Waals surface area contributed by atoms with Gasteiger partial charge in [0.05, 0.1) is 0 Å². The van der Waals surface area contributed by atoms with E-state index < -0.39 is 0 Å². The molecule has 0 saturated heterocycles. The first-order valence-corrected chi connectivity index (χ1v) is 5.78. The van der Waals surface area contributed by atoms with Crippen LogP contribution in [0.15, 0.2) is 21.0 Å². The van der Waals surface area contributed by atoms with Crippen molar-refractivity contribution in [3.8, 4) is 0 Å². The highest BCUT2D eigenvalue weighted by Crippen LogP contribution is 2.26. The number of hydrogen-bond acceptors (Lipinski definition) is 4. The molecule has 1 heterocycles. The molecule has 0 saturated carbocycles. The van der Waals surface area contributed by atoms with Crippen molar-refractivity contribution in [3.05, 3.63) is 20.8 Å². The van der Waals surface area contributed by atoms with Crippen LogP contribution >= 0.6 is 39.0 Å². The second kappa shape index (κ2) is 4.74. The molecule has 0 unspecified atom stereocenters. The largest absolute Gasteiger partial charge is 0.377 e. The van der Waals surface area contributed by atoms with Crippen molar-refractivity contribution in [3.63, 3.8) is 0 Å². The van der Waals surface area contributed by atoms with Crippen molar-refractivity contribution in [2.24, 2.45) is 16.7 Å². The molecule has 0 aliphatic heterocycles. The quantitative estimate of drug-likeness (QED) is 0.372. The molecule has 0 aromatic carbocycles. The lowest BCUT2D eigenvalue weighted by Gasteiger charge is -1.96. The van der Waals surface area contributed by atoms with Gasteiger partial charge in [0.25, 0.3) is 0 Å². The molecular formula is C6H8BrN3S2. The van der Waals surface area contributed by atoms with Crippen LogP contribution in [-0.2, 0) is 5.75 Å². The summed E-state index contributed by atoms with van der Waals surface area (Å²) in [6, 6.07) is 2.01. The van der Waals surface area contributed by atoms with Crippen LogP contribution in [0.2, 0.25) is 0 Å². The van der Waals surface area contributed by atoms with E-state index >= 15 is 0 Å². The minimum Gasteiger partial charge on any atom is -0.377 e. The second-order valence-electron chi connectivity index (χ2n) is 1.95. The number of thioether (sulfide) groups is 1. The van der Waals surface area contributed by atoms with Crippen LogP contribution in [-0.4, -0.2) is 5.17 Å². The van der Waals surface area contributed by atoms with E-state index in [-0.39, 0.29) is 0 Å². The van der Waals surface area contributed by atoms with E-state index in [2.05, 4.69) is 21.0 Å². The molecule has 12 heavy (non-hydrogen) atoms. The van der Waals surface area contributed by atoms with Crippen molar-refractivity contribution < 1.29 is 0 Å². The van der Waals surface area contributed by atoms with Gasteiger partial charge >= 0.3 is 0 Å². The summed E-state index contributed by atoms with van der Waals surface area (Å²) in [5, 5.41) is 5.80. The lowest BCUT2D eigenvalue weighted by molar-refractivity contribution is 1.25. The summed E-state index contributed by atoms with van der Waals surface area (Å²) in [5.41, 5.74) is 5.42. The van der Waals surface area contributed by atoms with E-state index in [1.165, 1.54) is 16.6 Å². The normalized spacial score (nSPS) is 11.9. The number of nitrogens with two attached hydrogens (primary N) is 2. The van der Waals surface area contributed by atoms with E-state index in [1.54, 1.807) is 11.3 Å². The molecule has 0 spiro atoms. The number of hydrogen-bond donors (Lipinski definition) is 2. The second-order valence-corrected chi connectivity index (χ2v) is 4.80. The Morgan fingerprint density at radius 3 is 3.00 bits per heavy atom. The summed E-state index contributed by atoms with van der Waals surface area (Å²) in [7, 11) is 0. The zero-order valence-corrected chi connectivity index (χ0v) is 9.38. The molecule has 0 radical (unpaired) electrons. The van der Waals surface area contributed by atoms with Crippen LogP contribution in [0.3, 0.4) is 0 Å². The minimum atomic E-state index is 0.412. The predicted molar refractivity (Wildman–Crippen MR) is 59.1 cm³/mol. The third kappa shape index (κ3) is 2.69. The summed E-state index contributed by atoms with van der Waals surface area (Å²) >= 11 is 6.54. The van der Waals surface area contributed by atoms with Crippen molar-refractivity contribution in [2.45, 2.75) is 5.75 Å². The maximum Gasteiger partial charge on any atom is 0.177 e. The van der Waals surface area contributed by atoms with Gasteiger partial charge in [0.15, 0.2) is 5.17 Å². The smallest absolute Gasteiger partial charge is 0.177 e. The molecule has 0 aliphatic rings. The summed E-state index contributed by atoms with van der Waals surface area (Å²) in [6.07, 6.45) is 0. The molecule has 6 heteroatoms. The van der Waals surface area contributed by atoms with Gasteiger partial charge in [0.2, 0.25) is 0 Å². The Labute approximate surface area is 87.3 Å². The van der Waals surface area contributed by atoms with Gasteiger partial charge in [-0.1, -0.05) is 11.8 Å². The number of rotatable bonds is 2. The van der Waals surface area contributed by atoms with Crippen LogP contribution in [0.1, 0.15) is 4.88 Å². The number of amidine groups is 1. The zero-order chi connectivity index (χ0) is 8.97. The lowest BCUT2D eigenvalue weighted by atomic mass is 10.5. The SMILES string of the molecule is NN=C(N)SCc1sccc1Br. The summed E-state index contributed by atoms with van der Waals surface area (Å²) in [5.74, 6) is 5.79. The Hall–Kier alpha value is -0.200. The molecule has 0 fully saturated rings. The number of thiophene rings is 1. The van der Waals surface area contributed by atoms with Gasteiger partial charge < -0.3 is 11.6 Å². The average Bonchev–Trinajstić information content (AvgIpc) is 2.47. The first kappa shape index (κ1) is 9.88. The van der Waals surface area contributed by atoms with Gasteiger partial charge in [0, 0.05) is 15.1 Å². The van der Waals surface area contributed by atoms with Crippen molar-refractivity contribution in [1.29, 1.82) is 0 Å². The van der Waals surface area contributed by atoms with E-state index in [1.807, 2.05) is 11.4 Å². The standard InChI is InChI=1S/C6H8BrN3S2/c7-4-1-2-11-5(4)3-12-6(8)10-9/h1-2H,3,9H2,(H2,8,10). The molecule has 0 bridgehead atoms. The molecule has 0 aliphatic carbocycles. The Balaban J connectivity index is 2.49. The van der Waals surface area contributed by atoms with Gasteiger partial charge in [-0.25, -0.2) is 0 Å². The average molecular weight is 266 g/mol. The number of halogens is 1. The molecule has 1 aromatic heterocycles. The summed E-state index contributed by atoms with van der Waals surface area (Å²) in [6.45, 7) is 0. The van der Waals surface area contributed by atoms with Crippen LogP contribution in [0, 0.1) is 0 Å². The topological polar surface area (TPSA) is 64.4 Å². The first-order chi connectivity index (χ1) is 5.74. The van der Waals surface area contributed by atoms with Gasteiger partial charge in [-0.05, 0) is 27.4 Å². The van der Waals surface area contributed by atoms with E-state index in [0.717, 1.165) is 10.2 Å². The van der Waals surface area contributed by atoms with Crippen molar-refractivity contribution in [2.75, 3.05) is 0 Å². The molecule has 66 valence electrons. The Bertz CT molecular complexity index is 284. The molecule has 0 amide bonds. The monoisotopic (exact) mass is 265 g/mol. The predicted octanol–water partition coefficient (Wildman–Crippen LogP) is 1.93. The van der Waals surface area contributed by atoms with Crippen LogP contribution in [0.25, 0.3) is 0 Å². The Morgan fingerprint density at radius 2 is 2.50 bits per heavy atom. The maximum atomic E-state index is 5.42. The molecule has 4 N–H and O–H groups in total.